The van der Waals surface area contributed by atoms with E-state index in [1.807, 2.05) is 0 Å². The summed E-state index contributed by atoms with van der Waals surface area (Å²) in [5, 5.41) is 88.5. The van der Waals surface area contributed by atoms with Crippen LogP contribution in [0.4, 0.5) is 0 Å². The van der Waals surface area contributed by atoms with E-state index < -0.39 is 30.5 Å². The minimum atomic E-state index is -1.75. The Kier molecular flexibility index (Phi) is 83.2. The van der Waals surface area contributed by atoms with Crippen LogP contribution < -0.4 is 0 Å². The summed E-state index contributed by atoms with van der Waals surface area (Å²) in [5.74, 6) is 0. The summed E-state index contributed by atoms with van der Waals surface area (Å²) in [5.41, 5.74) is 0. The molecule has 0 heterocycles. The maximum atomic E-state index is 8.25. The monoisotopic (exact) mass is 720 g/mol. The molecule has 0 bridgehead atoms. The molecule has 0 spiro atoms. The Morgan fingerprint density at radius 3 is 0.269 bits per heavy atom. The van der Waals surface area contributed by atoms with Crippen LogP contribution in [0.15, 0.2) is 0 Å². The van der Waals surface area contributed by atoms with Crippen molar-refractivity contribution in [1.82, 2.24) is 0 Å². The molecular weight excluding hydrogens is 718 g/mol. The topological polar surface area (TPSA) is 397 Å². The minimum Gasteiger partial charge on any atom is -0.356 e. The first-order valence-electron chi connectivity index (χ1n) is 3.29. The molecule has 0 rings (SSSR count). The van der Waals surface area contributed by atoms with E-state index in [2.05, 4.69) is 0 Å². The van der Waals surface area contributed by atoms with Crippen LogP contribution in [0.1, 0.15) is 0 Å². The fourth-order valence-electron chi connectivity index (χ4n) is 0. The van der Waals surface area contributed by atoms with Crippen LogP contribution in [0.5, 0.6) is 0 Å². The molecule has 0 unspecified atom stereocenters. The van der Waals surface area contributed by atoms with Gasteiger partial charge in [0.2, 0.25) is 0 Å². The van der Waals surface area contributed by atoms with E-state index in [0.29, 0.717) is 0 Å². The summed E-state index contributed by atoms with van der Waals surface area (Å²) in [6, 6.07) is 0. The number of rotatable bonds is 0. The van der Waals surface area contributed by atoms with E-state index in [1.165, 1.54) is 0 Å². The molecule has 0 saturated carbocycles. The summed E-state index contributed by atoms with van der Waals surface area (Å²) in [4.78, 5) is 49.5. The SMILES string of the molecule is O=[N+]([O-])[O-].O=[N+]([O-])[O-].O=[N+]([O-])[O-].O=[N+]([O-])[O-].O=[N+]([O-])[O-].O=[N+]([O-])[O-].[Yb+3].[Yb+3]. The van der Waals surface area contributed by atoms with Gasteiger partial charge in [0, 0.05) is 0 Å². The molecule has 0 amide bonds. The first-order chi connectivity index (χ1) is 10.4. The van der Waals surface area contributed by atoms with Crippen LogP contribution in [0.2, 0.25) is 0 Å². The first kappa shape index (κ1) is 49.6. The Morgan fingerprint density at radius 2 is 0.269 bits per heavy atom. The van der Waals surface area contributed by atoms with Crippen LogP contribution in [0.3, 0.4) is 0 Å². The minimum absolute atomic E-state index is 0. The number of nitrogens with zero attached hydrogens (tertiary/aromatic N) is 6. The van der Waals surface area contributed by atoms with E-state index in [4.69, 9.17) is 91.9 Å². The molecule has 0 saturated heterocycles. The maximum Gasteiger partial charge on any atom is 3.00 e. The standard InChI is InChI=1S/6NO3.2Yb/c6*2-1(3)4;;/q6*-1;2*+3. The Hall–Kier alpha value is -1.76. The summed E-state index contributed by atoms with van der Waals surface area (Å²) in [7, 11) is 0. The molecule has 26 heavy (non-hydrogen) atoms. The van der Waals surface area contributed by atoms with Crippen molar-refractivity contribution >= 4 is 0 Å². The first-order valence-corrected chi connectivity index (χ1v) is 3.29. The molecule has 166 valence electrons. The van der Waals surface area contributed by atoms with Crippen molar-refractivity contribution in [1.29, 1.82) is 0 Å². The van der Waals surface area contributed by atoms with E-state index in [-0.39, 0.29) is 93.8 Å². The average molecular weight is 718 g/mol. The summed E-state index contributed by atoms with van der Waals surface area (Å²) >= 11 is 0. The fourth-order valence-corrected chi connectivity index (χ4v) is 0. The fraction of sp³-hybridized carbons (Fsp3) is 0. The second-order valence-corrected chi connectivity index (χ2v) is 1.34. The van der Waals surface area contributed by atoms with Gasteiger partial charge in [0.25, 0.3) is 0 Å². The summed E-state index contributed by atoms with van der Waals surface area (Å²) in [6.07, 6.45) is 0. The van der Waals surface area contributed by atoms with Crippen LogP contribution in [0.25, 0.3) is 0 Å². The van der Waals surface area contributed by atoms with Gasteiger partial charge in [-0.05, 0) is 0 Å². The predicted octanol–water partition coefficient (Wildman–Crippen LogP) is -1.43. The van der Waals surface area contributed by atoms with Gasteiger partial charge in [-0.25, -0.2) is 0 Å². The van der Waals surface area contributed by atoms with E-state index >= 15 is 0 Å². The molecule has 0 aliphatic carbocycles. The second kappa shape index (κ2) is 43.6. The van der Waals surface area contributed by atoms with Crippen molar-refractivity contribution in [2.45, 2.75) is 0 Å². The maximum absolute atomic E-state index is 8.25. The van der Waals surface area contributed by atoms with Crippen LogP contribution in [0, 0.1) is 186 Å². The normalized spacial score (nSPS) is 5.54. The van der Waals surface area contributed by atoms with E-state index in [0.717, 1.165) is 0 Å². The van der Waals surface area contributed by atoms with Crippen molar-refractivity contribution in [2.75, 3.05) is 0 Å². The molecule has 26 heteroatoms. The third kappa shape index (κ3) is 3230. The molecule has 24 nitrogen and oxygen atoms in total. The zero-order valence-electron chi connectivity index (χ0n) is 10.6. The molecule has 0 aromatic rings. The Labute approximate surface area is 213 Å². The Bertz CT molecular complexity index is 261. The van der Waals surface area contributed by atoms with Crippen LogP contribution in [-0.2, 0) is 0 Å². The molecule has 0 aliphatic rings. The van der Waals surface area contributed by atoms with Crippen molar-refractivity contribution in [3.8, 4) is 0 Å². The summed E-state index contributed by atoms with van der Waals surface area (Å²) in [6.45, 7) is 0. The third-order valence-corrected chi connectivity index (χ3v) is 0. The zero-order valence-corrected chi connectivity index (χ0v) is 14.0. The molecular formula is N6O18Yb2. The van der Waals surface area contributed by atoms with Crippen LogP contribution in [-0.4, -0.2) is 30.5 Å². The van der Waals surface area contributed by atoms with Gasteiger partial charge in [0.05, 0.1) is 30.5 Å². The largest absolute Gasteiger partial charge is 3.00 e. The third-order valence-electron chi connectivity index (χ3n) is 0. The van der Waals surface area contributed by atoms with Crippen molar-refractivity contribution in [3.63, 3.8) is 0 Å². The van der Waals surface area contributed by atoms with Crippen molar-refractivity contribution in [2.24, 2.45) is 0 Å². The predicted molar refractivity (Wildman–Crippen MR) is 62.2 cm³/mol. The molecule has 0 fully saturated rings. The molecule has 0 atom stereocenters. The molecule has 0 N–H and O–H groups in total. The second-order valence-electron chi connectivity index (χ2n) is 1.34. The quantitative estimate of drug-likeness (QED) is 0.204. The smallest absolute Gasteiger partial charge is 0.356 e. The van der Waals surface area contributed by atoms with Crippen molar-refractivity contribution < 1.29 is 124 Å². The van der Waals surface area contributed by atoms with Crippen LogP contribution >= 0.6 is 0 Å². The van der Waals surface area contributed by atoms with E-state index in [9.17, 15) is 0 Å². The van der Waals surface area contributed by atoms with Gasteiger partial charge in [-0.15, -0.1) is 0 Å². The molecule has 0 aromatic carbocycles. The van der Waals surface area contributed by atoms with E-state index in [1.54, 1.807) is 0 Å². The van der Waals surface area contributed by atoms with Crippen molar-refractivity contribution in [3.05, 3.63) is 91.9 Å². The molecule has 0 aliphatic heterocycles. The average Bonchev–Trinajstić information content (AvgIpc) is 2.08. The Morgan fingerprint density at radius 1 is 0.269 bits per heavy atom. The molecule has 2 radical (unpaired) electrons. The van der Waals surface area contributed by atoms with Gasteiger partial charge in [0.1, 0.15) is 0 Å². The van der Waals surface area contributed by atoms with Gasteiger partial charge in [-0.1, -0.05) is 0 Å². The Balaban J connectivity index is -0.0000000245. The number of hydrogen-bond donors (Lipinski definition) is 0. The van der Waals surface area contributed by atoms with Gasteiger partial charge in [-0.3, -0.25) is 0 Å². The van der Waals surface area contributed by atoms with Gasteiger partial charge in [-0.2, -0.15) is 0 Å². The zero-order chi connectivity index (χ0) is 21.5. The van der Waals surface area contributed by atoms with Gasteiger partial charge < -0.3 is 91.9 Å². The van der Waals surface area contributed by atoms with Gasteiger partial charge >= 0.3 is 93.8 Å². The molecule has 0 aromatic heterocycles. The number of hydrogen-bond acceptors (Lipinski definition) is 18. The summed E-state index contributed by atoms with van der Waals surface area (Å²) < 4.78 is 0. The van der Waals surface area contributed by atoms with Gasteiger partial charge in [0.15, 0.2) is 0 Å².